The Kier molecular flexibility index (Phi) is 2.19. The number of hydrogen-bond acceptors (Lipinski definition) is 1. The zero-order valence-electron chi connectivity index (χ0n) is 8.74. The molecular formula is C13H12O2. The summed E-state index contributed by atoms with van der Waals surface area (Å²) in [5.41, 5.74) is 2.30. The van der Waals surface area contributed by atoms with E-state index in [9.17, 15) is 4.79 Å². The molecular weight excluding hydrogens is 188 g/mol. The maximum atomic E-state index is 11.0. The molecule has 0 atom stereocenters. The zero-order chi connectivity index (χ0) is 11.0. The van der Waals surface area contributed by atoms with Gasteiger partial charge in [0.25, 0.3) is 0 Å². The molecule has 0 saturated carbocycles. The van der Waals surface area contributed by atoms with E-state index in [0.717, 1.165) is 21.9 Å². The highest BCUT2D eigenvalue weighted by molar-refractivity contribution is 5.97. The van der Waals surface area contributed by atoms with Crippen molar-refractivity contribution in [2.75, 3.05) is 0 Å². The minimum Gasteiger partial charge on any atom is -0.478 e. The summed E-state index contributed by atoms with van der Waals surface area (Å²) < 4.78 is 0. The average molecular weight is 200 g/mol. The fraction of sp³-hybridized carbons (Fsp3) is 0.154. The Balaban J connectivity index is 2.83. The monoisotopic (exact) mass is 200 g/mol. The number of aromatic carboxylic acids is 1. The lowest BCUT2D eigenvalue weighted by Gasteiger charge is -2.06. The lowest BCUT2D eigenvalue weighted by molar-refractivity contribution is 0.0696. The quantitative estimate of drug-likeness (QED) is 0.767. The Morgan fingerprint density at radius 2 is 1.87 bits per heavy atom. The molecule has 0 bridgehead atoms. The van der Waals surface area contributed by atoms with Crippen molar-refractivity contribution in [3.8, 4) is 0 Å². The molecule has 0 saturated heterocycles. The van der Waals surface area contributed by atoms with E-state index in [1.165, 1.54) is 0 Å². The Bertz CT molecular complexity index is 541. The lowest BCUT2D eigenvalue weighted by Crippen LogP contribution is -1.99. The molecule has 2 aromatic carbocycles. The Morgan fingerprint density at radius 3 is 2.53 bits per heavy atom. The van der Waals surface area contributed by atoms with E-state index in [-0.39, 0.29) is 0 Å². The summed E-state index contributed by atoms with van der Waals surface area (Å²) in [7, 11) is 0. The SMILES string of the molecule is Cc1cc2cccc(C)c2cc1C(=O)O. The van der Waals surface area contributed by atoms with E-state index in [4.69, 9.17) is 5.11 Å². The van der Waals surface area contributed by atoms with Crippen LogP contribution in [0.3, 0.4) is 0 Å². The molecule has 0 aliphatic rings. The van der Waals surface area contributed by atoms with Gasteiger partial charge >= 0.3 is 5.97 Å². The van der Waals surface area contributed by atoms with E-state index in [2.05, 4.69) is 0 Å². The third-order valence-electron chi connectivity index (χ3n) is 2.67. The third-order valence-corrected chi connectivity index (χ3v) is 2.67. The van der Waals surface area contributed by atoms with Crippen LogP contribution in [0.1, 0.15) is 21.5 Å². The van der Waals surface area contributed by atoms with Gasteiger partial charge in [0.2, 0.25) is 0 Å². The van der Waals surface area contributed by atoms with Gasteiger partial charge in [-0.05, 0) is 41.8 Å². The van der Waals surface area contributed by atoms with Gasteiger partial charge in [0, 0.05) is 0 Å². The van der Waals surface area contributed by atoms with Crippen LogP contribution in [0.5, 0.6) is 0 Å². The first kappa shape index (κ1) is 9.71. The highest BCUT2D eigenvalue weighted by atomic mass is 16.4. The van der Waals surface area contributed by atoms with Gasteiger partial charge in [0.1, 0.15) is 0 Å². The van der Waals surface area contributed by atoms with E-state index < -0.39 is 5.97 Å². The highest BCUT2D eigenvalue weighted by Gasteiger charge is 2.08. The molecule has 2 aromatic rings. The molecule has 0 fully saturated rings. The van der Waals surface area contributed by atoms with E-state index in [1.807, 2.05) is 38.1 Å². The Labute approximate surface area is 88.2 Å². The number of carboxylic acids is 1. The maximum absolute atomic E-state index is 11.0. The minimum absolute atomic E-state index is 0.386. The third kappa shape index (κ3) is 1.59. The first-order valence-electron chi connectivity index (χ1n) is 4.83. The predicted molar refractivity (Wildman–Crippen MR) is 60.4 cm³/mol. The molecule has 0 spiro atoms. The number of rotatable bonds is 1. The fourth-order valence-electron chi connectivity index (χ4n) is 1.83. The van der Waals surface area contributed by atoms with Crippen LogP contribution in [-0.4, -0.2) is 11.1 Å². The zero-order valence-corrected chi connectivity index (χ0v) is 8.74. The number of carboxylic acid groups (broad SMARTS) is 1. The lowest BCUT2D eigenvalue weighted by atomic mass is 9.99. The number of hydrogen-bond donors (Lipinski definition) is 1. The van der Waals surface area contributed by atoms with Crippen molar-refractivity contribution in [3.63, 3.8) is 0 Å². The van der Waals surface area contributed by atoms with Gasteiger partial charge < -0.3 is 5.11 Å². The number of carbonyl (C=O) groups is 1. The first-order chi connectivity index (χ1) is 7.09. The number of fused-ring (bicyclic) bond motifs is 1. The molecule has 2 heteroatoms. The largest absolute Gasteiger partial charge is 0.478 e. The van der Waals surface area contributed by atoms with Gasteiger partial charge in [-0.2, -0.15) is 0 Å². The molecule has 0 unspecified atom stereocenters. The van der Waals surface area contributed by atoms with Crippen molar-refractivity contribution < 1.29 is 9.90 Å². The number of benzene rings is 2. The van der Waals surface area contributed by atoms with Crippen LogP contribution in [-0.2, 0) is 0 Å². The van der Waals surface area contributed by atoms with Gasteiger partial charge in [-0.1, -0.05) is 24.3 Å². The normalized spacial score (nSPS) is 10.5. The van der Waals surface area contributed by atoms with E-state index in [0.29, 0.717) is 5.56 Å². The van der Waals surface area contributed by atoms with Crippen LogP contribution >= 0.6 is 0 Å². The second kappa shape index (κ2) is 3.39. The van der Waals surface area contributed by atoms with E-state index in [1.54, 1.807) is 6.07 Å². The summed E-state index contributed by atoms with van der Waals surface area (Å²) in [6, 6.07) is 9.65. The maximum Gasteiger partial charge on any atom is 0.335 e. The first-order valence-corrected chi connectivity index (χ1v) is 4.83. The van der Waals surface area contributed by atoms with Crippen molar-refractivity contribution in [1.82, 2.24) is 0 Å². The van der Waals surface area contributed by atoms with Crippen molar-refractivity contribution in [3.05, 3.63) is 47.0 Å². The number of aryl methyl sites for hydroxylation is 2. The van der Waals surface area contributed by atoms with Gasteiger partial charge in [0.15, 0.2) is 0 Å². The van der Waals surface area contributed by atoms with Crippen LogP contribution in [0.25, 0.3) is 10.8 Å². The summed E-state index contributed by atoms with van der Waals surface area (Å²) in [5.74, 6) is -0.863. The van der Waals surface area contributed by atoms with Crippen LogP contribution in [0, 0.1) is 13.8 Å². The van der Waals surface area contributed by atoms with Crippen LogP contribution < -0.4 is 0 Å². The van der Waals surface area contributed by atoms with Crippen molar-refractivity contribution >= 4 is 16.7 Å². The summed E-state index contributed by atoms with van der Waals surface area (Å²) in [4.78, 5) is 11.0. The molecule has 0 heterocycles. The molecule has 2 rings (SSSR count). The Morgan fingerprint density at radius 1 is 1.13 bits per heavy atom. The summed E-state index contributed by atoms with van der Waals surface area (Å²) in [6.45, 7) is 3.81. The summed E-state index contributed by atoms with van der Waals surface area (Å²) in [6.07, 6.45) is 0. The minimum atomic E-state index is -0.863. The topological polar surface area (TPSA) is 37.3 Å². The highest BCUT2D eigenvalue weighted by Crippen LogP contribution is 2.22. The molecule has 0 radical (unpaired) electrons. The van der Waals surface area contributed by atoms with E-state index >= 15 is 0 Å². The van der Waals surface area contributed by atoms with Crippen LogP contribution in [0.2, 0.25) is 0 Å². The Hall–Kier alpha value is -1.83. The van der Waals surface area contributed by atoms with Crippen molar-refractivity contribution in [1.29, 1.82) is 0 Å². The average Bonchev–Trinajstić information content (AvgIpc) is 2.16. The molecule has 15 heavy (non-hydrogen) atoms. The molecule has 76 valence electrons. The summed E-state index contributed by atoms with van der Waals surface area (Å²) in [5, 5.41) is 11.1. The molecule has 0 aromatic heterocycles. The second-order valence-electron chi connectivity index (χ2n) is 3.77. The summed E-state index contributed by atoms with van der Waals surface area (Å²) >= 11 is 0. The molecule has 0 aliphatic carbocycles. The molecule has 0 aliphatic heterocycles. The van der Waals surface area contributed by atoms with Crippen molar-refractivity contribution in [2.45, 2.75) is 13.8 Å². The van der Waals surface area contributed by atoms with Crippen LogP contribution in [0.4, 0.5) is 0 Å². The van der Waals surface area contributed by atoms with Gasteiger partial charge in [-0.25, -0.2) is 4.79 Å². The fourth-order valence-corrected chi connectivity index (χ4v) is 1.83. The standard InChI is InChI=1S/C13H12O2/c1-8-4-3-5-10-6-9(2)12(13(14)15)7-11(8)10/h3-7H,1-2H3,(H,14,15). The van der Waals surface area contributed by atoms with Crippen LogP contribution in [0.15, 0.2) is 30.3 Å². The molecule has 2 nitrogen and oxygen atoms in total. The predicted octanol–water partition coefficient (Wildman–Crippen LogP) is 3.15. The second-order valence-corrected chi connectivity index (χ2v) is 3.77. The molecule has 1 N–H and O–H groups in total. The van der Waals surface area contributed by atoms with Crippen molar-refractivity contribution in [2.24, 2.45) is 0 Å². The van der Waals surface area contributed by atoms with Gasteiger partial charge in [-0.15, -0.1) is 0 Å². The van der Waals surface area contributed by atoms with Gasteiger partial charge in [-0.3, -0.25) is 0 Å². The molecule has 0 amide bonds. The smallest absolute Gasteiger partial charge is 0.335 e. The van der Waals surface area contributed by atoms with Gasteiger partial charge in [0.05, 0.1) is 5.56 Å².